The van der Waals surface area contributed by atoms with Gasteiger partial charge in [-0.2, -0.15) is 0 Å². The number of piperidine rings is 1. The summed E-state index contributed by atoms with van der Waals surface area (Å²) in [5.74, 6) is 0.481. The minimum Gasteiger partial charge on any atom is -0.459 e. The number of hydrogen-bond acceptors (Lipinski definition) is 3. The van der Waals surface area contributed by atoms with Crippen LogP contribution in [0.1, 0.15) is 29.0 Å². The highest BCUT2D eigenvalue weighted by Crippen LogP contribution is 2.33. The molecule has 2 aromatic rings. The van der Waals surface area contributed by atoms with E-state index in [4.69, 9.17) is 4.42 Å². The van der Waals surface area contributed by atoms with E-state index in [9.17, 15) is 9.59 Å². The summed E-state index contributed by atoms with van der Waals surface area (Å²) < 4.78 is 5.18. The van der Waals surface area contributed by atoms with Crippen molar-refractivity contribution in [1.82, 2.24) is 4.90 Å². The fraction of sp³-hybridized carbons (Fsp3) is 0.333. The first kappa shape index (κ1) is 14.1. The first-order valence-electron chi connectivity index (χ1n) is 7.97. The molecule has 0 radical (unpaired) electrons. The Morgan fingerprint density at radius 3 is 2.61 bits per heavy atom. The number of carbonyl (C=O) groups is 2. The Kier molecular flexibility index (Phi) is 3.41. The Morgan fingerprint density at radius 2 is 1.87 bits per heavy atom. The van der Waals surface area contributed by atoms with E-state index >= 15 is 0 Å². The Bertz CT molecular complexity index is 730. The van der Waals surface area contributed by atoms with Crippen LogP contribution in [0, 0.1) is 0 Å². The normalized spacial score (nSPS) is 18.3. The fourth-order valence-electron chi connectivity index (χ4n) is 3.56. The lowest BCUT2D eigenvalue weighted by Gasteiger charge is -2.36. The zero-order valence-corrected chi connectivity index (χ0v) is 12.8. The molecule has 5 nitrogen and oxygen atoms in total. The van der Waals surface area contributed by atoms with Gasteiger partial charge < -0.3 is 14.2 Å². The van der Waals surface area contributed by atoms with Crippen LogP contribution in [-0.2, 0) is 11.2 Å². The second-order valence-electron chi connectivity index (χ2n) is 6.07. The molecule has 4 rings (SSSR count). The lowest BCUT2D eigenvalue weighted by atomic mass is 10.0. The smallest absolute Gasteiger partial charge is 0.289 e. The summed E-state index contributed by atoms with van der Waals surface area (Å²) in [6, 6.07) is 11.6. The lowest BCUT2D eigenvalue weighted by molar-refractivity contribution is -0.118. The average Bonchev–Trinajstić information content (AvgIpc) is 3.21. The second kappa shape index (κ2) is 5.57. The van der Waals surface area contributed by atoms with Crippen LogP contribution in [0.5, 0.6) is 0 Å². The van der Waals surface area contributed by atoms with Gasteiger partial charge in [-0.1, -0.05) is 18.2 Å². The van der Waals surface area contributed by atoms with Gasteiger partial charge in [0.1, 0.15) is 0 Å². The standard InChI is InChI=1S/C18H18N2O3/c21-17-12-13-4-1-2-5-15(13)20(17)14-7-9-19(10-8-14)18(22)16-6-3-11-23-16/h1-6,11,14H,7-10,12H2. The van der Waals surface area contributed by atoms with Gasteiger partial charge in [-0.3, -0.25) is 9.59 Å². The Balaban J connectivity index is 1.46. The Morgan fingerprint density at radius 1 is 1.09 bits per heavy atom. The summed E-state index contributed by atoms with van der Waals surface area (Å²) in [6.45, 7) is 1.30. The fourth-order valence-corrected chi connectivity index (χ4v) is 3.56. The lowest BCUT2D eigenvalue weighted by Crippen LogP contribution is -2.47. The summed E-state index contributed by atoms with van der Waals surface area (Å²) in [5, 5.41) is 0. The number of amides is 2. The topological polar surface area (TPSA) is 53.8 Å². The van der Waals surface area contributed by atoms with Gasteiger partial charge in [0, 0.05) is 24.8 Å². The van der Waals surface area contributed by atoms with Crippen molar-refractivity contribution < 1.29 is 14.0 Å². The maximum absolute atomic E-state index is 12.4. The minimum absolute atomic E-state index is 0.0680. The molecule has 23 heavy (non-hydrogen) atoms. The van der Waals surface area contributed by atoms with Crippen LogP contribution in [-0.4, -0.2) is 35.8 Å². The van der Waals surface area contributed by atoms with Crippen molar-refractivity contribution in [3.05, 3.63) is 54.0 Å². The quantitative estimate of drug-likeness (QED) is 0.856. The molecule has 0 bridgehead atoms. The van der Waals surface area contributed by atoms with E-state index in [1.165, 1.54) is 6.26 Å². The molecule has 0 spiro atoms. The molecular formula is C18H18N2O3. The summed E-state index contributed by atoms with van der Waals surface area (Å²) in [5.41, 5.74) is 2.14. The van der Waals surface area contributed by atoms with Crippen molar-refractivity contribution in [3.63, 3.8) is 0 Å². The van der Waals surface area contributed by atoms with E-state index in [0.717, 1.165) is 24.1 Å². The summed E-state index contributed by atoms with van der Waals surface area (Å²) in [4.78, 5) is 28.4. The molecule has 0 aliphatic carbocycles. The summed E-state index contributed by atoms with van der Waals surface area (Å²) in [6.07, 6.45) is 3.60. The molecule has 2 aliphatic heterocycles. The van der Waals surface area contributed by atoms with Crippen LogP contribution >= 0.6 is 0 Å². The number of anilines is 1. The molecule has 2 aliphatic rings. The van der Waals surface area contributed by atoms with Crippen molar-refractivity contribution in [2.45, 2.75) is 25.3 Å². The van der Waals surface area contributed by atoms with Gasteiger partial charge in [0.15, 0.2) is 5.76 Å². The van der Waals surface area contributed by atoms with E-state index in [2.05, 4.69) is 0 Å². The first-order chi connectivity index (χ1) is 11.2. The maximum Gasteiger partial charge on any atom is 0.289 e. The molecule has 0 saturated carbocycles. The zero-order valence-electron chi connectivity index (χ0n) is 12.8. The highest BCUT2D eigenvalue weighted by atomic mass is 16.3. The third-order valence-corrected chi connectivity index (χ3v) is 4.71. The number of benzene rings is 1. The van der Waals surface area contributed by atoms with Gasteiger partial charge in [0.2, 0.25) is 5.91 Å². The third-order valence-electron chi connectivity index (χ3n) is 4.71. The molecular weight excluding hydrogens is 292 g/mol. The highest BCUT2D eigenvalue weighted by Gasteiger charge is 2.35. The molecule has 5 heteroatoms. The van der Waals surface area contributed by atoms with Gasteiger partial charge in [-0.25, -0.2) is 0 Å². The number of rotatable bonds is 2. The van der Waals surface area contributed by atoms with Crippen LogP contribution < -0.4 is 4.90 Å². The van der Waals surface area contributed by atoms with Crippen LogP contribution in [0.25, 0.3) is 0 Å². The molecule has 118 valence electrons. The van der Waals surface area contributed by atoms with Crippen molar-refractivity contribution in [1.29, 1.82) is 0 Å². The van der Waals surface area contributed by atoms with Crippen molar-refractivity contribution in [2.75, 3.05) is 18.0 Å². The van der Waals surface area contributed by atoms with Crippen molar-refractivity contribution >= 4 is 17.5 Å². The second-order valence-corrected chi connectivity index (χ2v) is 6.07. The molecule has 1 saturated heterocycles. The predicted octanol–water partition coefficient (Wildman–Crippen LogP) is 2.47. The van der Waals surface area contributed by atoms with Gasteiger partial charge in [0.05, 0.1) is 12.7 Å². The molecule has 0 unspecified atom stereocenters. The molecule has 1 fully saturated rings. The van der Waals surface area contributed by atoms with Crippen molar-refractivity contribution in [2.24, 2.45) is 0 Å². The minimum atomic E-state index is -0.0680. The SMILES string of the molecule is O=C(c1ccco1)N1CCC(N2C(=O)Cc3ccccc32)CC1. The molecule has 1 aromatic heterocycles. The van der Waals surface area contributed by atoms with E-state index in [-0.39, 0.29) is 17.9 Å². The average molecular weight is 310 g/mol. The van der Waals surface area contributed by atoms with E-state index in [0.29, 0.717) is 25.3 Å². The van der Waals surface area contributed by atoms with E-state index in [1.54, 1.807) is 12.1 Å². The number of fused-ring (bicyclic) bond motifs is 1. The summed E-state index contributed by atoms with van der Waals surface area (Å²) in [7, 11) is 0. The predicted molar refractivity (Wildman–Crippen MR) is 85.3 cm³/mol. The monoisotopic (exact) mass is 310 g/mol. The van der Waals surface area contributed by atoms with Gasteiger partial charge in [-0.05, 0) is 36.6 Å². The Hall–Kier alpha value is -2.56. The Labute approximate surface area is 134 Å². The molecule has 1 aromatic carbocycles. The van der Waals surface area contributed by atoms with Crippen LogP contribution in [0.15, 0.2) is 47.1 Å². The van der Waals surface area contributed by atoms with Crippen LogP contribution in [0.4, 0.5) is 5.69 Å². The number of likely N-dealkylation sites (tertiary alicyclic amines) is 1. The largest absolute Gasteiger partial charge is 0.459 e. The van der Waals surface area contributed by atoms with Gasteiger partial charge in [0.25, 0.3) is 5.91 Å². The molecule has 0 atom stereocenters. The zero-order chi connectivity index (χ0) is 15.8. The van der Waals surface area contributed by atoms with Gasteiger partial charge in [-0.15, -0.1) is 0 Å². The molecule has 2 amide bonds. The number of furan rings is 1. The number of nitrogens with zero attached hydrogens (tertiary/aromatic N) is 2. The highest BCUT2D eigenvalue weighted by molar-refractivity contribution is 6.02. The van der Waals surface area contributed by atoms with Crippen LogP contribution in [0.3, 0.4) is 0 Å². The van der Waals surface area contributed by atoms with Gasteiger partial charge >= 0.3 is 0 Å². The number of para-hydroxylation sites is 1. The maximum atomic E-state index is 12.4. The van der Waals surface area contributed by atoms with E-state index in [1.807, 2.05) is 34.1 Å². The molecule has 3 heterocycles. The third kappa shape index (κ3) is 2.42. The number of hydrogen-bond donors (Lipinski definition) is 0. The van der Waals surface area contributed by atoms with Crippen molar-refractivity contribution in [3.8, 4) is 0 Å². The first-order valence-corrected chi connectivity index (χ1v) is 7.97. The van der Waals surface area contributed by atoms with E-state index < -0.39 is 0 Å². The van der Waals surface area contributed by atoms with Crippen LogP contribution in [0.2, 0.25) is 0 Å². The number of carbonyl (C=O) groups excluding carboxylic acids is 2. The molecule has 0 N–H and O–H groups in total. The summed E-state index contributed by atoms with van der Waals surface area (Å²) >= 11 is 0.